The Balaban J connectivity index is 1.19. The van der Waals surface area contributed by atoms with Crippen LogP contribution in [0.4, 0.5) is 5.95 Å². The number of carbonyl (C=O) groups excluding carboxylic acids is 1. The van der Waals surface area contributed by atoms with Crippen molar-refractivity contribution in [2.24, 2.45) is 11.8 Å². The van der Waals surface area contributed by atoms with Crippen LogP contribution in [0.1, 0.15) is 32.1 Å². The highest BCUT2D eigenvalue weighted by Gasteiger charge is 2.47. The van der Waals surface area contributed by atoms with Crippen molar-refractivity contribution in [2.75, 3.05) is 31.1 Å². The summed E-state index contributed by atoms with van der Waals surface area (Å²) >= 11 is 0. The number of rotatable bonds is 5. The van der Waals surface area contributed by atoms with Crippen LogP contribution < -0.4 is 10.2 Å². The number of hydrogen-bond donors (Lipinski definition) is 1. The third-order valence-corrected chi connectivity index (χ3v) is 5.19. The SMILES string of the molecule is O=C(CC1CC1)NCC1CCC2(CN(c3ncccn3)C2)OC1. The molecule has 1 spiro atoms. The molecule has 1 saturated carbocycles. The molecule has 3 heterocycles. The molecule has 4 rings (SSSR count). The van der Waals surface area contributed by atoms with Crippen molar-refractivity contribution in [1.29, 1.82) is 0 Å². The second kappa shape index (κ2) is 6.07. The van der Waals surface area contributed by atoms with Gasteiger partial charge in [-0.15, -0.1) is 0 Å². The van der Waals surface area contributed by atoms with Crippen LogP contribution >= 0.6 is 0 Å². The van der Waals surface area contributed by atoms with E-state index in [1.54, 1.807) is 12.4 Å². The standard InChI is InChI=1S/C17H24N4O2/c22-15(8-13-2-3-13)20-9-14-4-5-17(23-10-14)11-21(12-17)16-18-6-1-7-19-16/h1,6-7,13-14H,2-5,8-12H2,(H,20,22). The van der Waals surface area contributed by atoms with Crippen LogP contribution in [-0.4, -0.2) is 47.7 Å². The van der Waals surface area contributed by atoms with Crippen molar-refractivity contribution in [2.45, 2.75) is 37.7 Å². The van der Waals surface area contributed by atoms with E-state index in [4.69, 9.17) is 4.74 Å². The average molecular weight is 316 g/mol. The van der Waals surface area contributed by atoms with Gasteiger partial charge in [-0.1, -0.05) is 0 Å². The van der Waals surface area contributed by atoms with Gasteiger partial charge in [0.15, 0.2) is 0 Å². The van der Waals surface area contributed by atoms with Crippen LogP contribution in [0, 0.1) is 11.8 Å². The molecule has 1 aromatic rings. The van der Waals surface area contributed by atoms with Gasteiger partial charge in [0, 0.05) is 25.4 Å². The summed E-state index contributed by atoms with van der Waals surface area (Å²) in [6, 6.07) is 1.83. The minimum absolute atomic E-state index is 0.0201. The molecule has 2 saturated heterocycles. The molecule has 0 aromatic carbocycles. The van der Waals surface area contributed by atoms with Gasteiger partial charge in [-0.05, 0) is 43.6 Å². The highest BCUT2D eigenvalue weighted by molar-refractivity contribution is 5.76. The van der Waals surface area contributed by atoms with E-state index in [0.29, 0.717) is 18.3 Å². The van der Waals surface area contributed by atoms with E-state index < -0.39 is 0 Å². The molecule has 23 heavy (non-hydrogen) atoms. The van der Waals surface area contributed by atoms with Crippen molar-refractivity contribution in [1.82, 2.24) is 15.3 Å². The van der Waals surface area contributed by atoms with Crippen molar-refractivity contribution < 1.29 is 9.53 Å². The first-order valence-corrected chi connectivity index (χ1v) is 8.65. The van der Waals surface area contributed by atoms with Gasteiger partial charge in [-0.25, -0.2) is 9.97 Å². The second-order valence-electron chi connectivity index (χ2n) is 7.26. The topological polar surface area (TPSA) is 67.4 Å². The Kier molecular flexibility index (Phi) is 3.93. The fourth-order valence-corrected chi connectivity index (χ4v) is 3.49. The summed E-state index contributed by atoms with van der Waals surface area (Å²) in [7, 11) is 0. The van der Waals surface area contributed by atoms with Crippen molar-refractivity contribution in [3.05, 3.63) is 18.5 Å². The maximum Gasteiger partial charge on any atom is 0.225 e. The van der Waals surface area contributed by atoms with E-state index in [0.717, 1.165) is 45.0 Å². The molecule has 6 nitrogen and oxygen atoms in total. The minimum Gasteiger partial charge on any atom is -0.371 e. The monoisotopic (exact) mass is 316 g/mol. The Hall–Kier alpha value is -1.69. The van der Waals surface area contributed by atoms with Crippen LogP contribution in [0.2, 0.25) is 0 Å². The van der Waals surface area contributed by atoms with E-state index in [-0.39, 0.29) is 11.5 Å². The first-order valence-electron chi connectivity index (χ1n) is 8.65. The zero-order chi connectivity index (χ0) is 15.7. The van der Waals surface area contributed by atoms with E-state index in [1.165, 1.54) is 12.8 Å². The minimum atomic E-state index is -0.0201. The Bertz CT molecular complexity index is 545. The van der Waals surface area contributed by atoms with Gasteiger partial charge in [0.2, 0.25) is 11.9 Å². The molecule has 3 fully saturated rings. The number of aromatic nitrogens is 2. The molecule has 6 heteroatoms. The van der Waals surface area contributed by atoms with Crippen molar-refractivity contribution in [3.8, 4) is 0 Å². The maximum atomic E-state index is 11.8. The zero-order valence-corrected chi connectivity index (χ0v) is 13.4. The summed E-state index contributed by atoms with van der Waals surface area (Å²) in [4.78, 5) is 22.5. The molecule has 124 valence electrons. The number of anilines is 1. The molecule has 1 aromatic heterocycles. The largest absolute Gasteiger partial charge is 0.371 e. The summed E-state index contributed by atoms with van der Waals surface area (Å²) < 4.78 is 6.14. The molecular weight excluding hydrogens is 292 g/mol. The number of carbonyl (C=O) groups is 1. The summed E-state index contributed by atoms with van der Waals surface area (Å²) in [5.74, 6) is 2.10. The van der Waals surface area contributed by atoms with Gasteiger partial charge in [0.25, 0.3) is 0 Å². The fraction of sp³-hybridized carbons (Fsp3) is 0.706. The zero-order valence-electron chi connectivity index (χ0n) is 13.4. The lowest BCUT2D eigenvalue weighted by Gasteiger charge is -2.52. The average Bonchev–Trinajstić information content (AvgIpc) is 3.36. The molecule has 0 bridgehead atoms. The van der Waals surface area contributed by atoms with Gasteiger partial charge < -0.3 is 15.0 Å². The van der Waals surface area contributed by atoms with Gasteiger partial charge in [0.1, 0.15) is 5.60 Å². The van der Waals surface area contributed by atoms with Crippen LogP contribution in [0.5, 0.6) is 0 Å². The lowest BCUT2D eigenvalue weighted by molar-refractivity contribution is -0.125. The second-order valence-corrected chi connectivity index (χ2v) is 7.26. The third-order valence-electron chi connectivity index (χ3n) is 5.19. The molecule has 1 amide bonds. The lowest BCUT2D eigenvalue weighted by Crippen LogP contribution is -2.65. The van der Waals surface area contributed by atoms with Gasteiger partial charge in [-0.2, -0.15) is 0 Å². The number of amides is 1. The fourth-order valence-electron chi connectivity index (χ4n) is 3.49. The molecule has 1 atom stereocenters. The molecule has 2 aliphatic heterocycles. The molecule has 1 N–H and O–H groups in total. The smallest absolute Gasteiger partial charge is 0.225 e. The van der Waals surface area contributed by atoms with Crippen LogP contribution in [0.25, 0.3) is 0 Å². The molecule has 0 radical (unpaired) electrons. The van der Waals surface area contributed by atoms with Crippen molar-refractivity contribution >= 4 is 11.9 Å². The van der Waals surface area contributed by atoms with Gasteiger partial charge in [-0.3, -0.25) is 4.79 Å². The quantitative estimate of drug-likeness (QED) is 0.889. The van der Waals surface area contributed by atoms with Crippen molar-refractivity contribution in [3.63, 3.8) is 0 Å². The highest BCUT2D eigenvalue weighted by Crippen LogP contribution is 2.37. The summed E-state index contributed by atoms with van der Waals surface area (Å²) in [5, 5.41) is 3.07. The van der Waals surface area contributed by atoms with Crippen LogP contribution in [-0.2, 0) is 9.53 Å². The summed E-state index contributed by atoms with van der Waals surface area (Å²) in [6.45, 7) is 3.25. The number of hydrogen-bond acceptors (Lipinski definition) is 5. The predicted molar refractivity (Wildman–Crippen MR) is 86.0 cm³/mol. The molecular formula is C17H24N4O2. The highest BCUT2D eigenvalue weighted by atomic mass is 16.5. The third kappa shape index (κ3) is 3.47. The Morgan fingerprint density at radius 2 is 2.04 bits per heavy atom. The Morgan fingerprint density at radius 1 is 1.26 bits per heavy atom. The molecule has 3 aliphatic rings. The van der Waals surface area contributed by atoms with E-state index in [2.05, 4.69) is 20.2 Å². The maximum absolute atomic E-state index is 11.8. The van der Waals surface area contributed by atoms with Crippen LogP contribution in [0.15, 0.2) is 18.5 Å². The number of nitrogens with one attached hydrogen (secondary N) is 1. The predicted octanol–water partition coefficient (Wildman–Crippen LogP) is 1.38. The van der Waals surface area contributed by atoms with Crippen LogP contribution in [0.3, 0.4) is 0 Å². The van der Waals surface area contributed by atoms with E-state index in [1.807, 2.05) is 6.07 Å². The van der Waals surface area contributed by atoms with E-state index in [9.17, 15) is 4.79 Å². The van der Waals surface area contributed by atoms with Gasteiger partial charge >= 0.3 is 0 Å². The normalized spacial score (nSPS) is 25.9. The lowest BCUT2D eigenvalue weighted by atomic mass is 9.83. The Labute approximate surface area is 136 Å². The first kappa shape index (κ1) is 14.9. The summed E-state index contributed by atoms with van der Waals surface area (Å²) in [5.41, 5.74) is -0.0201. The molecule has 1 aliphatic carbocycles. The molecule has 1 unspecified atom stereocenters. The number of ether oxygens (including phenoxy) is 1. The first-order chi connectivity index (χ1) is 11.2. The number of nitrogens with zero attached hydrogens (tertiary/aromatic N) is 3. The summed E-state index contributed by atoms with van der Waals surface area (Å²) in [6.07, 6.45) is 8.88. The van der Waals surface area contributed by atoms with E-state index >= 15 is 0 Å². The van der Waals surface area contributed by atoms with Gasteiger partial charge in [0.05, 0.1) is 19.7 Å². The Morgan fingerprint density at radius 3 is 2.70 bits per heavy atom.